The smallest absolute Gasteiger partial charge is 0.148 e. The molecule has 0 atom stereocenters. The second kappa shape index (κ2) is 2.69. The van der Waals surface area contributed by atoms with Crippen LogP contribution in [0.5, 0.6) is 0 Å². The predicted molar refractivity (Wildman–Crippen MR) is 50.6 cm³/mol. The standard InChI is InChI=1S/C10H10FN3/c11-9-6(5-12)8(13)2-1-7(9)10(14)3-4-10/h1-2H,3-4,13-14H2. The SMILES string of the molecule is N#Cc1c(N)ccc(C2(N)CC2)c1F. The maximum Gasteiger partial charge on any atom is 0.148 e. The minimum Gasteiger partial charge on any atom is -0.398 e. The molecule has 1 saturated carbocycles. The van der Waals surface area contributed by atoms with Crippen LogP contribution in [0, 0.1) is 17.1 Å². The van der Waals surface area contributed by atoms with E-state index < -0.39 is 11.4 Å². The number of nitrogens with two attached hydrogens (primary N) is 2. The molecule has 72 valence electrons. The second-order valence-electron chi connectivity index (χ2n) is 3.66. The molecule has 3 nitrogen and oxygen atoms in total. The highest BCUT2D eigenvalue weighted by Crippen LogP contribution is 2.44. The number of nitrogens with zero attached hydrogens (tertiary/aromatic N) is 1. The summed E-state index contributed by atoms with van der Waals surface area (Å²) in [5.74, 6) is -0.563. The van der Waals surface area contributed by atoms with Crippen molar-refractivity contribution in [3.05, 3.63) is 29.1 Å². The number of benzene rings is 1. The Kier molecular flexibility index (Phi) is 1.73. The summed E-state index contributed by atoms with van der Waals surface area (Å²) in [6, 6.07) is 4.85. The first-order valence-electron chi connectivity index (χ1n) is 4.36. The van der Waals surface area contributed by atoms with Gasteiger partial charge in [0.25, 0.3) is 0 Å². The number of hydrogen-bond acceptors (Lipinski definition) is 3. The van der Waals surface area contributed by atoms with Crippen molar-refractivity contribution in [1.82, 2.24) is 0 Å². The van der Waals surface area contributed by atoms with Crippen molar-refractivity contribution in [3.63, 3.8) is 0 Å². The lowest BCUT2D eigenvalue weighted by atomic mass is 10.0. The molecule has 0 aliphatic heterocycles. The molecule has 0 unspecified atom stereocenters. The van der Waals surface area contributed by atoms with Crippen LogP contribution in [-0.4, -0.2) is 0 Å². The zero-order valence-corrected chi connectivity index (χ0v) is 7.55. The lowest BCUT2D eigenvalue weighted by Gasteiger charge is -2.11. The molecular formula is C10H10FN3. The lowest BCUT2D eigenvalue weighted by Crippen LogP contribution is -2.21. The number of hydrogen-bond donors (Lipinski definition) is 2. The number of nitriles is 1. The van der Waals surface area contributed by atoms with Crippen molar-refractivity contribution in [2.45, 2.75) is 18.4 Å². The largest absolute Gasteiger partial charge is 0.398 e. The van der Waals surface area contributed by atoms with Crippen molar-refractivity contribution in [2.75, 3.05) is 5.73 Å². The van der Waals surface area contributed by atoms with E-state index in [1.54, 1.807) is 12.1 Å². The predicted octanol–water partition coefficient (Wildman–Crippen LogP) is 1.23. The van der Waals surface area contributed by atoms with Crippen LogP contribution < -0.4 is 11.5 Å². The summed E-state index contributed by atoms with van der Waals surface area (Å²) in [5.41, 5.74) is 11.2. The van der Waals surface area contributed by atoms with Crippen molar-refractivity contribution in [3.8, 4) is 6.07 Å². The number of nitrogen functional groups attached to an aromatic ring is 1. The van der Waals surface area contributed by atoms with E-state index >= 15 is 0 Å². The summed E-state index contributed by atoms with van der Waals surface area (Å²) in [7, 11) is 0. The van der Waals surface area contributed by atoms with Gasteiger partial charge in [0.2, 0.25) is 0 Å². The molecule has 0 aromatic heterocycles. The highest BCUT2D eigenvalue weighted by Gasteiger charge is 2.42. The number of halogens is 1. The van der Waals surface area contributed by atoms with Crippen LogP contribution in [0.3, 0.4) is 0 Å². The molecular weight excluding hydrogens is 181 g/mol. The summed E-state index contributed by atoms with van der Waals surface area (Å²) in [6.07, 6.45) is 1.53. The molecule has 0 amide bonds. The number of rotatable bonds is 1. The van der Waals surface area contributed by atoms with Gasteiger partial charge >= 0.3 is 0 Å². The molecule has 0 heterocycles. The maximum atomic E-state index is 13.7. The Morgan fingerprint density at radius 3 is 2.57 bits per heavy atom. The van der Waals surface area contributed by atoms with Gasteiger partial charge in [0.05, 0.1) is 5.69 Å². The molecule has 4 N–H and O–H groups in total. The molecule has 0 radical (unpaired) electrons. The summed E-state index contributed by atoms with van der Waals surface area (Å²) < 4.78 is 13.7. The van der Waals surface area contributed by atoms with Gasteiger partial charge in [-0.3, -0.25) is 0 Å². The summed E-state index contributed by atoms with van der Waals surface area (Å²) >= 11 is 0. The minimum atomic E-state index is -0.566. The Hall–Kier alpha value is -1.60. The molecule has 0 saturated heterocycles. The summed E-state index contributed by atoms with van der Waals surface area (Å²) in [6.45, 7) is 0. The molecule has 1 aromatic carbocycles. The van der Waals surface area contributed by atoms with Gasteiger partial charge in [-0.25, -0.2) is 4.39 Å². The normalized spacial score (nSPS) is 17.5. The van der Waals surface area contributed by atoms with E-state index in [9.17, 15) is 4.39 Å². The van der Waals surface area contributed by atoms with Crippen LogP contribution in [0.1, 0.15) is 24.0 Å². The van der Waals surface area contributed by atoms with Crippen LogP contribution in [0.4, 0.5) is 10.1 Å². The van der Waals surface area contributed by atoms with E-state index in [2.05, 4.69) is 0 Å². The van der Waals surface area contributed by atoms with E-state index in [1.807, 2.05) is 0 Å². The highest BCUT2D eigenvalue weighted by molar-refractivity contribution is 5.57. The Bertz CT molecular complexity index is 430. The van der Waals surface area contributed by atoms with Gasteiger partial charge in [0.15, 0.2) is 0 Å². The maximum absolute atomic E-state index is 13.7. The van der Waals surface area contributed by atoms with Crippen LogP contribution >= 0.6 is 0 Å². The Morgan fingerprint density at radius 2 is 2.07 bits per heavy atom. The molecule has 1 aliphatic carbocycles. The van der Waals surface area contributed by atoms with Crippen LogP contribution in [-0.2, 0) is 5.54 Å². The van der Waals surface area contributed by atoms with E-state index in [4.69, 9.17) is 16.7 Å². The van der Waals surface area contributed by atoms with Gasteiger partial charge in [0.1, 0.15) is 17.4 Å². The molecule has 4 heteroatoms. The topological polar surface area (TPSA) is 75.8 Å². The van der Waals surface area contributed by atoms with Crippen molar-refractivity contribution in [1.29, 1.82) is 5.26 Å². The van der Waals surface area contributed by atoms with Gasteiger partial charge in [-0.05, 0) is 18.9 Å². The van der Waals surface area contributed by atoms with Gasteiger partial charge in [-0.1, -0.05) is 6.07 Å². The third-order valence-corrected chi connectivity index (χ3v) is 2.61. The first-order chi connectivity index (χ1) is 6.58. The fourth-order valence-corrected chi connectivity index (χ4v) is 1.49. The van der Waals surface area contributed by atoms with Crippen molar-refractivity contribution >= 4 is 5.69 Å². The molecule has 14 heavy (non-hydrogen) atoms. The molecule has 1 aromatic rings. The lowest BCUT2D eigenvalue weighted by molar-refractivity contribution is 0.575. The second-order valence-corrected chi connectivity index (χ2v) is 3.66. The molecule has 1 fully saturated rings. The van der Waals surface area contributed by atoms with Gasteiger partial charge in [-0.15, -0.1) is 0 Å². The average Bonchev–Trinajstić information content (AvgIpc) is 2.85. The van der Waals surface area contributed by atoms with Crippen LogP contribution in [0.2, 0.25) is 0 Å². The van der Waals surface area contributed by atoms with Crippen molar-refractivity contribution < 1.29 is 4.39 Å². The Labute approximate surface area is 81.1 Å². The minimum absolute atomic E-state index is 0.0979. The third kappa shape index (κ3) is 1.14. The Morgan fingerprint density at radius 1 is 1.43 bits per heavy atom. The van der Waals surface area contributed by atoms with Crippen molar-refractivity contribution in [2.24, 2.45) is 5.73 Å². The van der Waals surface area contributed by atoms with Gasteiger partial charge < -0.3 is 11.5 Å². The fraction of sp³-hybridized carbons (Fsp3) is 0.300. The molecule has 0 spiro atoms. The quantitative estimate of drug-likeness (QED) is 0.655. The van der Waals surface area contributed by atoms with Gasteiger partial charge in [-0.2, -0.15) is 5.26 Å². The molecule has 1 aliphatic rings. The highest BCUT2D eigenvalue weighted by atomic mass is 19.1. The monoisotopic (exact) mass is 191 g/mol. The van der Waals surface area contributed by atoms with E-state index in [-0.39, 0.29) is 11.3 Å². The first kappa shape index (κ1) is 8.97. The Balaban J connectivity index is 2.60. The first-order valence-corrected chi connectivity index (χ1v) is 4.36. The third-order valence-electron chi connectivity index (χ3n) is 2.61. The van der Waals surface area contributed by atoms with Gasteiger partial charge in [0, 0.05) is 11.1 Å². The zero-order chi connectivity index (χ0) is 10.3. The molecule has 2 rings (SSSR count). The number of anilines is 1. The summed E-state index contributed by atoms with van der Waals surface area (Å²) in [5, 5.41) is 8.70. The van der Waals surface area contributed by atoms with E-state index in [0.29, 0.717) is 5.56 Å². The summed E-state index contributed by atoms with van der Waals surface area (Å²) in [4.78, 5) is 0. The van der Waals surface area contributed by atoms with E-state index in [0.717, 1.165) is 12.8 Å². The zero-order valence-electron chi connectivity index (χ0n) is 7.55. The fourth-order valence-electron chi connectivity index (χ4n) is 1.49. The molecule has 0 bridgehead atoms. The van der Waals surface area contributed by atoms with Crippen LogP contribution in [0.25, 0.3) is 0 Å². The average molecular weight is 191 g/mol. The van der Waals surface area contributed by atoms with Crippen LogP contribution in [0.15, 0.2) is 12.1 Å². The van der Waals surface area contributed by atoms with E-state index in [1.165, 1.54) is 6.07 Å².